The Labute approximate surface area is 158 Å². The highest BCUT2D eigenvalue weighted by atomic mass is 32.2. The van der Waals surface area contributed by atoms with Gasteiger partial charge in [0, 0.05) is 13.6 Å². The topological polar surface area (TPSA) is 110 Å². The van der Waals surface area contributed by atoms with Crippen molar-refractivity contribution >= 4 is 40.4 Å². The molecule has 0 aliphatic rings. The number of amides is 3. The maximum atomic E-state index is 12.7. The molecule has 1 aromatic carbocycles. The molecule has 27 heavy (non-hydrogen) atoms. The Morgan fingerprint density at radius 2 is 2.07 bits per heavy atom. The highest BCUT2D eigenvalue weighted by molar-refractivity contribution is 8.00. The standard InChI is InChI=1S/C17H18N6O3S/c1-4-9-22-14(25)11-7-5-6-8-12(11)23-16(22)20-21-17(23)27-10(2)13(24)19-15(26)18-3/h4-8,10H,1,9H2,2-3H3,(H2,18,19,24,26)/t10-/m1/s1. The first kappa shape index (κ1) is 18.6. The van der Waals surface area contributed by atoms with Crippen molar-refractivity contribution in [3.8, 4) is 0 Å². The number of nitrogens with zero attached hydrogens (tertiary/aromatic N) is 4. The van der Waals surface area contributed by atoms with E-state index >= 15 is 0 Å². The van der Waals surface area contributed by atoms with Gasteiger partial charge in [0.05, 0.1) is 16.2 Å². The molecule has 3 rings (SSSR count). The zero-order valence-corrected chi connectivity index (χ0v) is 15.6. The molecular formula is C17H18N6O3S. The highest BCUT2D eigenvalue weighted by Gasteiger charge is 2.22. The van der Waals surface area contributed by atoms with E-state index in [2.05, 4.69) is 27.4 Å². The minimum atomic E-state index is -0.603. The molecule has 0 bridgehead atoms. The van der Waals surface area contributed by atoms with Gasteiger partial charge in [-0.3, -0.25) is 23.9 Å². The Morgan fingerprint density at radius 3 is 2.78 bits per heavy atom. The second-order valence-electron chi connectivity index (χ2n) is 5.67. The average Bonchev–Trinajstić information content (AvgIpc) is 3.08. The molecule has 0 unspecified atom stereocenters. The van der Waals surface area contributed by atoms with Crippen LogP contribution in [-0.4, -0.2) is 43.4 Å². The van der Waals surface area contributed by atoms with E-state index in [4.69, 9.17) is 0 Å². The third-order valence-corrected chi connectivity index (χ3v) is 4.95. The Morgan fingerprint density at radius 1 is 1.33 bits per heavy atom. The molecule has 0 fully saturated rings. The van der Waals surface area contributed by atoms with Crippen LogP contribution in [0, 0.1) is 0 Å². The molecular weight excluding hydrogens is 368 g/mol. The lowest BCUT2D eigenvalue weighted by atomic mass is 10.2. The molecule has 0 aliphatic carbocycles. The number of carbonyl (C=O) groups is 2. The number of thioether (sulfide) groups is 1. The zero-order valence-electron chi connectivity index (χ0n) is 14.8. The highest BCUT2D eigenvalue weighted by Crippen LogP contribution is 2.25. The fourth-order valence-electron chi connectivity index (χ4n) is 2.59. The minimum Gasteiger partial charge on any atom is -0.341 e. The molecule has 0 spiro atoms. The number of fused-ring (bicyclic) bond motifs is 3. The van der Waals surface area contributed by atoms with Crippen molar-refractivity contribution in [3.05, 3.63) is 47.3 Å². The number of allylic oxidation sites excluding steroid dienone is 1. The Hall–Kier alpha value is -3.14. The molecule has 0 saturated carbocycles. The summed E-state index contributed by atoms with van der Waals surface area (Å²) in [5, 5.41) is 13.2. The fraction of sp³-hybridized carbons (Fsp3) is 0.235. The third-order valence-electron chi connectivity index (χ3n) is 3.91. The Balaban J connectivity index is 2.10. The summed E-state index contributed by atoms with van der Waals surface area (Å²) < 4.78 is 3.20. The summed E-state index contributed by atoms with van der Waals surface area (Å²) >= 11 is 1.14. The molecule has 9 nitrogen and oxygen atoms in total. The summed E-state index contributed by atoms with van der Waals surface area (Å²) in [4.78, 5) is 36.2. The number of aromatic nitrogens is 4. The second-order valence-corrected chi connectivity index (χ2v) is 6.98. The number of carbonyl (C=O) groups excluding carboxylic acids is 2. The Kier molecular flexibility index (Phi) is 5.26. The second kappa shape index (κ2) is 7.62. The number of benzene rings is 1. The van der Waals surface area contributed by atoms with Crippen LogP contribution in [0.3, 0.4) is 0 Å². The molecule has 10 heteroatoms. The van der Waals surface area contributed by atoms with Crippen LogP contribution < -0.4 is 16.2 Å². The van der Waals surface area contributed by atoms with E-state index in [9.17, 15) is 14.4 Å². The monoisotopic (exact) mass is 386 g/mol. The summed E-state index contributed by atoms with van der Waals surface area (Å²) in [6.07, 6.45) is 1.61. The fourth-order valence-corrected chi connectivity index (χ4v) is 3.45. The summed E-state index contributed by atoms with van der Waals surface area (Å²) in [5.41, 5.74) is 0.455. The molecule has 3 amide bonds. The Bertz CT molecular complexity index is 1100. The largest absolute Gasteiger partial charge is 0.341 e. The van der Waals surface area contributed by atoms with Crippen LogP contribution in [0.2, 0.25) is 0 Å². The molecule has 0 aliphatic heterocycles. The van der Waals surface area contributed by atoms with Crippen molar-refractivity contribution in [1.82, 2.24) is 29.8 Å². The van der Waals surface area contributed by atoms with E-state index in [1.165, 1.54) is 11.6 Å². The molecule has 2 heterocycles. The first-order valence-electron chi connectivity index (χ1n) is 8.14. The third kappa shape index (κ3) is 3.43. The van der Waals surface area contributed by atoms with Gasteiger partial charge in [-0.15, -0.1) is 16.8 Å². The number of imide groups is 1. The minimum absolute atomic E-state index is 0.188. The maximum Gasteiger partial charge on any atom is 0.321 e. The van der Waals surface area contributed by atoms with E-state index in [0.29, 0.717) is 21.8 Å². The molecule has 140 valence electrons. The van der Waals surface area contributed by atoms with Crippen LogP contribution in [-0.2, 0) is 11.3 Å². The first-order valence-corrected chi connectivity index (χ1v) is 9.02. The summed E-state index contributed by atoms with van der Waals surface area (Å²) in [7, 11) is 1.43. The van der Waals surface area contributed by atoms with Crippen LogP contribution in [0.4, 0.5) is 4.79 Å². The van der Waals surface area contributed by atoms with Gasteiger partial charge in [0.25, 0.3) is 5.56 Å². The van der Waals surface area contributed by atoms with E-state index in [0.717, 1.165) is 11.8 Å². The van der Waals surface area contributed by atoms with Crippen molar-refractivity contribution in [2.24, 2.45) is 0 Å². The first-order chi connectivity index (χ1) is 13.0. The van der Waals surface area contributed by atoms with E-state index < -0.39 is 17.2 Å². The van der Waals surface area contributed by atoms with Crippen LogP contribution in [0.15, 0.2) is 46.9 Å². The van der Waals surface area contributed by atoms with Crippen molar-refractivity contribution in [2.45, 2.75) is 23.9 Å². The van der Waals surface area contributed by atoms with Gasteiger partial charge in [0.2, 0.25) is 11.7 Å². The van der Waals surface area contributed by atoms with E-state index in [1.54, 1.807) is 35.6 Å². The number of nitrogens with one attached hydrogen (secondary N) is 2. The van der Waals surface area contributed by atoms with Crippen LogP contribution in [0.5, 0.6) is 0 Å². The molecule has 3 aromatic rings. The molecule has 0 radical (unpaired) electrons. The van der Waals surface area contributed by atoms with Gasteiger partial charge < -0.3 is 5.32 Å². The van der Waals surface area contributed by atoms with E-state index in [-0.39, 0.29) is 12.1 Å². The molecule has 2 N–H and O–H groups in total. The van der Waals surface area contributed by atoms with Crippen LogP contribution in [0.1, 0.15) is 6.92 Å². The molecule has 0 saturated heterocycles. The lowest BCUT2D eigenvalue weighted by Crippen LogP contribution is -2.41. The van der Waals surface area contributed by atoms with Gasteiger partial charge in [-0.1, -0.05) is 30.0 Å². The summed E-state index contributed by atoms with van der Waals surface area (Å²) in [5.74, 6) is -0.0974. The van der Waals surface area contributed by atoms with Crippen molar-refractivity contribution in [1.29, 1.82) is 0 Å². The maximum absolute atomic E-state index is 12.7. The van der Waals surface area contributed by atoms with Gasteiger partial charge in [0.15, 0.2) is 5.16 Å². The summed E-state index contributed by atoms with van der Waals surface area (Å²) in [6, 6.07) is 6.54. The molecule has 2 aromatic heterocycles. The van der Waals surface area contributed by atoms with Gasteiger partial charge in [-0.25, -0.2) is 4.79 Å². The average molecular weight is 386 g/mol. The quantitative estimate of drug-likeness (QED) is 0.503. The van der Waals surface area contributed by atoms with Gasteiger partial charge in [-0.2, -0.15) is 0 Å². The van der Waals surface area contributed by atoms with E-state index in [1.807, 2.05) is 6.07 Å². The van der Waals surface area contributed by atoms with Crippen LogP contribution >= 0.6 is 11.8 Å². The lowest BCUT2D eigenvalue weighted by molar-refractivity contribution is -0.119. The van der Waals surface area contributed by atoms with Gasteiger partial charge in [-0.05, 0) is 19.1 Å². The normalized spacial score (nSPS) is 12.1. The van der Waals surface area contributed by atoms with Crippen LogP contribution in [0.25, 0.3) is 16.7 Å². The summed E-state index contributed by atoms with van der Waals surface area (Å²) in [6.45, 7) is 5.62. The van der Waals surface area contributed by atoms with Crippen molar-refractivity contribution < 1.29 is 9.59 Å². The van der Waals surface area contributed by atoms with Gasteiger partial charge in [0.1, 0.15) is 0 Å². The number of hydrogen-bond acceptors (Lipinski definition) is 6. The molecule has 1 atom stereocenters. The lowest BCUT2D eigenvalue weighted by Gasteiger charge is -2.12. The van der Waals surface area contributed by atoms with Crippen molar-refractivity contribution in [3.63, 3.8) is 0 Å². The predicted octanol–water partition coefficient (Wildman–Crippen LogP) is 1.17. The smallest absolute Gasteiger partial charge is 0.321 e. The number of rotatable bonds is 5. The number of urea groups is 1. The predicted molar refractivity (Wildman–Crippen MR) is 103 cm³/mol. The SMILES string of the molecule is C=CCn1c(=O)c2ccccc2n2c(S[C@H](C)C(=O)NC(=O)NC)nnc12. The number of para-hydroxylation sites is 1. The van der Waals surface area contributed by atoms with Crippen molar-refractivity contribution in [2.75, 3.05) is 7.05 Å². The zero-order chi connectivity index (χ0) is 19.6. The number of hydrogen-bond donors (Lipinski definition) is 2. The van der Waals surface area contributed by atoms with Gasteiger partial charge >= 0.3 is 6.03 Å².